The molecule has 26 heavy (non-hydrogen) atoms. The van der Waals surface area contributed by atoms with Gasteiger partial charge in [-0.05, 0) is 37.8 Å². The number of alkyl halides is 3. The Morgan fingerprint density at radius 1 is 1.23 bits per heavy atom. The number of piperidine rings is 1. The van der Waals surface area contributed by atoms with Gasteiger partial charge in [0.05, 0.1) is 6.54 Å². The zero-order valence-corrected chi connectivity index (χ0v) is 16.4. The Balaban J connectivity index is 0.00000196. The highest BCUT2D eigenvalue weighted by Gasteiger charge is 2.56. The minimum absolute atomic E-state index is 0. The summed E-state index contributed by atoms with van der Waals surface area (Å²) >= 11 is 2.35. The van der Waals surface area contributed by atoms with Crippen LogP contribution in [0.4, 0.5) is 13.2 Å². The SMILES string of the molecule is Cl.FC(F)(F)c1ncc(CN(Cc2nccs2)C2CC23CCNCC3)s1. The number of hydrogen-bond donors (Lipinski definition) is 1. The summed E-state index contributed by atoms with van der Waals surface area (Å²) in [4.78, 5) is 10.9. The molecule has 3 heterocycles. The summed E-state index contributed by atoms with van der Waals surface area (Å²) in [6, 6.07) is 0.426. The highest BCUT2D eigenvalue weighted by Crippen LogP contribution is 2.56. The maximum atomic E-state index is 12.8. The van der Waals surface area contributed by atoms with Crippen molar-refractivity contribution in [3.8, 4) is 0 Å². The van der Waals surface area contributed by atoms with Crippen molar-refractivity contribution >= 4 is 35.1 Å². The molecule has 1 N–H and O–H groups in total. The maximum Gasteiger partial charge on any atom is 0.443 e. The second-order valence-electron chi connectivity index (χ2n) is 6.79. The molecule has 1 saturated carbocycles. The molecule has 1 aliphatic carbocycles. The summed E-state index contributed by atoms with van der Waals surface area (Å²) in [6.45, 7) is 3.25. The highest BCUT2D eigenvalue weighted by atomic mass is 35.5. The van der Waals surface area contributed by atoms with Gasteiger partial charge in [0, 0.05) is 35.2 Å². The monoisotopic (exact) mass is 424 g/mol. The summed E-state index contributed by atoms with van der Waals surface area (Å²) in [5.41, 5.74) is 0.333. The zero-order valence-electron chi connectivity index (χ0n) is 14.0. The van der Waals surface area contributed by atoms with Crippen LogP contribution in [0.1, 0.15) is 34.2 Å². The molecule has 1 unspecified atom stereocenters. The Bertz CT molecular complexity index is 713. The number of nitrogens with zero attached hydrogens (tertiary/aromatic N) is 3. The first-order valence-electron chi connectivity index (χ1n) is 8.31. The molecule has 1 atom stereocenters. The van der Waals surface area contributed by atoms with Gasteiger partial charge in [-0.1, -0.05) is 0 Å². The van der Waals surface area contributed by atoms with E-state index in [-0.39, 0.29) is 12.4 Å². The van der Waals surface area contributed by atoms with E-state index in [1.807, 2.05) is 5.38 Å². The fourth-order valence-electron chi connectivity index (χ4n) is 3.80. The zero-order chi connectivity index (χ0) is 17.5. The van der Waals surface area contributed by atoms with Gasteiger partial charge >= 0.3 is 6.18 Å². The molecule has 0 amide bonds. The molecular weight excluding hydrogens is 405 g/mol. The topological polar surface area (TPSA) is 41.1 Å². The Hall–Kier alpha value is -0.740. The molecule has 0 aromatic carbocycles. The maximum absolute atomic E-state index is 12.8. The van der Waals surface area contributed by atoms with Crippen LogP contribution in [0, 0.1) is 5.41 Å². The van der Waals surface area contributed by atoms with Gasteiger partial charge in [-0.3, -0.25) is 4.90 Å². The van der Waals surface area contributed by atoms with Crippen molar-refractivity contribution in [2.24, 2.45) is 5.41 Å². The first-order valence-corrected chi connectivity index (χ1v) is 10.0. The van der Waals surface area contributed by atoms with Crippen LogP contribution in [-0.2, 0) is 19.3 Å². The van der Waals surface area contributed by atoms with Crippen LogP contribution >= 0.6 is 35.1 Å². The summed E-state index contributed by atoms with van der Waals surface area (Å²) in [6.07, 6.45) is 2.20. The number of aromatic nitrogens is 2. The van der Waals surface area contributed by atoms with Gasteiger partial charge in [-0.15, -0.1) is 35.1 Å². The van der Waals surface area contributed by atoms with Crippen LogP contribution in [0.5, 0.6) is 0 Å². The second-order valence-corrected chi connectivity index (χ2v) is 8.89. The number of nitrogens with one attached hydrogen (secondary N) is 1. The van der Waals surface area contributed by atoms with Crippen LogP contribution in [0.3, 0.4) is 0 Å². The van der Waals surface area contributed by atoms with Gasteiger partial charge in [0.2, 0.25) is 0 Å². The summed E-state index contributed by atoms with van der Waals surface area (Å²) in [5.74, 6) is 0. The molecule has 144 valence electrons. The molecule has 1 saturated heterocycles. The van der Waals surface area contributed by atoms with Gasteiger partial charge in [-0.2, -0.15) is 13.2 Å². The van der Waals surface area contributed by atoms with Crippen molar-refractivity contribution in [3.63, 3.8) is 0 Å². The molecule has 4 rings (SSSR count). The van der Waals surface area contributed by atoms with Gasteiger partial charge in [0.1, 0.15) is 5.01 Å². The van der Waals surface area contributed by atoms with Gasteiger partial charge in [-0.25, -0.2) is 9.97 Å². The molecule has 0 radical (unpaired) electrons. The number of thiazole rings is 2. The van der Waals surface area contributed by atoms with Gasteiger partial charge < -0.3 is 5.32 Å². The van der Waals surface area contributed by atoms with Gasteiger partial charge in [0.25, 0.3) is 0 Å². The van der Waals surface area contributed by atoms with Crippen molar-refractivity contribution in [2.75, 3.05) is 13.1 Å². The second kappa shape index (κ2) is 7.71. The van der Waals surface area contributed by atoms with Crippen molar-refractivity contribution in [2.45, 2.75) is 44.6 Å². The molecule has 1 spiro atoms. The van der Waals surface area contributed by atoms with E-state index in [9.17, 15) is 13.2 Å². The van der Waals surface area contributed by atoms with Crippen molar-refractivity contribution < 1.29 is 13.2 Å². The van der Waals surface area contributed by atoms with E-state index >= 15 is 0 Å². The summed E-state index contributed by atoms with van der Waals surface area (Å²) in [7, 11) is 0. The van der Waals surface area contributed by atoms with E-state index in [4.69, 9.17) is 0 Å². The fraction of sp³-hybridized carbons (Fsp3) is 0.625. The third kappa shape index (κ3) is 4.22. The largest absolute Gasteiger partial charge is 0.443 e. The molecule has 10 heteroatoms. The van der Waals surface area contributed by atoms with Crippen molar-refractivity contribution in [3.05, 3.63) is 32.7 Å². The Kier molecular flexibility index (Phi) is 5.93. The minimum Gasteiger partial charge on any atom is -0.317 e. The summed E-state index contributed by atoms with van der Waals surface area (Å²) in [5, 5.41) is 5.58. The molecule has 0 bridgehead atoms. The lowest BCUT2D eigenvalue weighted by Crippen LogP contribution is -2.35. The van der Waals surface area contributed by atoms with E-state index in [0.29, 0.717) is 29.4 Å². The lowest BCUT2D eigenvalue weighted by Gasteiger charge is -2.28. The Morgan fingerprint density at radius 2 is 2.00 bits per heavy atom. The number of hydrogen-bond acceptors (Lipinski definition) is 6. The smallest absolute Gasteiger partial charge is 0.317 e. The molecular formula is C16H20ClF3N4S2. The minimum atomic E-state index is -4.36. The Morgan fingerprint density at radius 3 is 2.62 bits per heavy atom. The van der Waals surface area contributed by atoms with E-state index < -0.39 is 11.2 Å². The number of rotatable bonds is 5. The lowest BCUT2D eigenvalue weighted by atomic mass is 9.93. The predicted octanol–water partition coefficient (Wildman–Crippen LogP) is 4.18. The molecule has 2 fully saturated rings. The molecule has 2 aromatic rings. The molecule has 4 nitrogen and oxygen atoms in total. The first-order chi connectivity index (χ1) is 12.0. The fourth-order valence-corrected chi connectivity index (χ4v) is 5.24. The van der Waals surface area contributed by atoms with Crippen LogP contribution in [-0.4, -0.2) is 34.0 Å². The van der Waals surface area contributed by atoms with Crippen molar-refractivity contribution in [1.29, 1.82) is 0 Å². The van der Waals surface area contributed by atoms with Gasteiger partial charge in [0.15, 0.2) is 5.01 Å². The average molecular weight is 425 g/mol. The average Bonchev–Trinajstić information content (AvgIpc) is 3.00. The molecule has 2 aromatic heterocycles. The van der Waals surface area contributed by atoms with Crippen LogP contribution < -0.4 is 5.32 Å². The van der Waals surface area contributed by atoms with E-state index in [0.717, 1.165) is 48.7 Å². The van der Waals surface area contributed by atoms with E-state index in [2.05, 4.69) is 20.2 Å². The van der Waals surface area contributed by atoms with E-state index in [1.165, 1.54) is 6.20 Å². The standard InChI is InChI=1S/C16H19F3N4S2.ClH/c17-16(18,19)14-22-8-11(25-14)9-23(10-13-21-5-6-24-13)12-7-15(12)1-3-20-4-2-15;/h5-6,8,12,20H,1-4,7,9-10H2;1H. The lowest BCUT2D eigenvalue weighted by molar-refractivity contribution is -0.137. The van der Waals surface area contributed by atoms with Crippen LogP contribution in [0.15, 0.2) is 17.8 Å². The van der Waals surface area contributed by atoms with Crippen molar-refractivity contribution in [1.82, 2.24) is 20.2 Å². The van der Waals surface area contributed by atoms with Crippen LogP contribution in [0.2, 0.25) is 0 Å². The third-order valence-corrected chi connectivity index (χ3v) is 6.95. The highest BCUT2D eigenvalue weighted by molar-refractivity contribution is 7.11. The van der Waals surface area contributed by atoms with Crippen LogP contribution in [0.25, 0.3) is 0 Å². The molecule has 1 aliphatic heterocycles. The normalized spacial score (nSPS) is 21.8. The Labute approximate surface area is 164 Å². The quantitative estimate of drug-likeness (QED) is 0.781. The molecule has 2 aliphatic rings. The number of halogens is 4. The predicted molar refractivity (Wildman–Crippen MR) is 98.7 cm³/mol. The first kappa shape index (κ1) is 20.0. The summed E-state index contributed by atoms with van der Waals surface area (Å²) < 4.78 is 38.5. The van der Waals surface area contributed by atoms with E-state index in [1.54, 1.807) is 17.5 Å². The third-order valence-electron chi connectivity index (χ3n) is 5.16.